The lowest BCUT2D eigenvalue weighted by molar-refractivity contribution is -0.152. The molecule has 1 aliphatic heterocycles. The maximum absolute atomic E-state index is 12.8. The number of carbonyl (C=O) groups excluding carboxylic acids is 3. The molecule has 1 N–H and O–H groups in total. The molecule has 2 aromatic carbocycles. The summed E-state index contributed by atoms with van der Waals surface area (Å²) in [4.78, 5) is 37.2. The first-order valence-electron chi connectivity index (χ1n) is 7.70. The Morgan fingerprint density at radius 3 is 2.42 bits per heavy atom. The van der Waals surface area contributed by atoms with Crippen LogP contribution in [-0.2, 0) is 24.5 Å². The van der Waals surface area contributed by atoms with E-state index in [0.717, 1.165) is 11.1 Å². The Kier molecular flexibility index (Phi) is 3.06. The fourth-order valence-corrected chi connectivity index (χ4v) is 4.01. The zero-order valence-electron chi connectivity index (χ0n) is 13.0. The molecule has 1 spiro atoms. The van der Waals surface area contributed by atoms with E-state index in [0.29, 0.717) is 5.69 Å². The number of hydrogen-bond acceptors (Lipinski definition) is 4. The molecule has 24 heavy (non-hydrogen) atoms. The minimum Gasteiger partial charge on any atom is -0.463 e. The smallest absolute Gasteiger partial charge is 0.374 e. The van der Waals surface area contributed by atoms with Gasteiger partial charge in [0.15, 0.2) is 0 Å². The molecule has 1 heterocycles. The van der Waals surface area contributed by atoms with Gasteiger partial charge in [-0.1, -0.05) is 48.5 Å². The highest BCUT2D eigenvalue weighted by Gasteiger charge is 2.76. The van der Waals surface area contributed by atoms with Gasteiger partial charge in [-0.05, 0) is 17.2 Å². The van der Waals surface area contributed by atoms with Gasteiger partial charge in [-0.15, -0.1) is 0 Å². The van der Waals surface area contributed by atoms with Crippen LogP contribution in [0.2, 0.25) is 0 Å². The van der Waals surface area contributed by atoms with E-state index in [1.165, 1.54) is 7.11 Å². The maximum Gasteiger partial charge on any atom is 0.374 e. The van der Waals surface area contributed by atoms with Crippen LogP contribution < -0.4 is 5.32 Å². The quantitative estimate of drug-likeness (QED) is 0.693. The number of fused-ring (bicyclic) bond motifs is 2. The number of rotatable bonds is 3. The van der Waals surface area contributed by atoms with Crippen LogP contribution in [-0.4, -0.2) is 24.8 Å². The average Bonchev–Trinajstić information content (AvgIpc) is 3.23. The van der Waals surface area contributed by atoms with Crippen molar-refractivity contribution in [3.63, 3.8) is 0 Å². The molecular weight excluding hydrogens is 306 g/mol. The van der Waals surface area contributed by atoms with Crippen LogP contribution in [0.1, 0.15) is 17.0 Å². The molecule has 0 aromatic heterocycles. The minimum atomic E-state index is -1.02. The van der Waals surface area contributed by atoms with Crippen molar-refractivity contribution in [1.82, 2.24) is 0 Å². The number of esters is 1. The highest BCUT2D eigenvalue weighted by Crippen LogP contribution is 2.69. The van der Waals surface area contributed by atoms with Crippen LogP contribution in [0, 0.1) is 5.92 Å². The Morgan fingerprint density at radius 1 is 1.04 bits per heavy atom. The molecule has 2 aliphatic rings. The Labute approximate surface area is 138 Å². The Morgan fingerprint density at radius 2 is 1.71 bits per heavy atom. The van der Waals surface area contributed by atoms with Crippen molar-refractivity contribution >= 4 is 23.3 Å². The molecule has 2 aromatic rings. The second-order valence-electron chi connectivity index (χ2n) is 6.09. The van der Waals surface area contributed by atoms with Gasteiger partial charge in [0.1, 0.15) is 0 Å². The van der Waals surface area contributed by atoms with E-state index >= 15 is 0 Å². The van der Waals surface area contributed by atoms with E-state index in [-0.39, 0.29) is 11.8 Å². The molecule has 3 atom stereocenters. The van der Waals surface area contributed by atoms with Crippen molar-refractivity contribution in [2.45, 2.75) is 11.3 Å². The fraction of sp³-hybridized carbons (Fsp3) is 0.211. The lowest BCUT2D eigenvalue weighted by Gasteiger charge is -2.08. The number of amides is 1. The molecule has 1 aliphatic carbocycles. The molecule has 5 heteroatoms. The van der Waals surface area contributed by atoms with Crippen LogP contribution in [0.3, 0.4) is 0 Å². The lowest BCUT2D eigenvalue weighted by Crippen LogP contribution is -2.28. The molecule has 1 fully saturated rings. The predicted molar refractivity (Wildman–Crippen MR) is 86.4 cm³/mol. The predicted octanol–water partition coefficient (Wildman–Crippen LogP) is 2.03. The first-order valence-corrected chi connectivity index (χ1v) is 7.70. The largest absolute Gasteiger partial charge is 0.463 e. The standard InChI is InChI=1S/C19H15NO4/c1-24-17(22)16(21)15-14(11-7-3-2-4-8-11)19(15)12-9-5-6-10-13(12)20-18(19)23/h2-10,14-15H,1H3,(H,20,23)/t14-,15+,19-/m0/s1. The molecule has 5 nitrogen and oxygen atoms in total. The van der Waals surface area contributed by atoms with Gasteiger partial charge in [0.2, 0.25) is 11.7 Å². The van der Waals surface area contributed by atoms with Crippen LogP contribution in [0.25, 0.3) is 0 Å². The average molecular weight is 321 g/mol. The Balaban J connectivity index is 1.88. The molecule has 1 saturated carbocycles. The summed E-state index contributed by atoms with van der Waals surface area (Å²) in [6.45, 7) is 0. The summed E-state index contributed by atoms with van der Waals surface area (Å²) >= 11 is 0. The van der Waals surface area contributed by atoms with Crippen molar-refractivity contribution in [3.8, 4) is 0 Å². The Hall–Kier alpha value is -2.95. The minimum absolute atomic E-state index is 0.236. The fourth-order valence-electron chi connectivity index (χ4n) is 4.01. The van der Waals surface area contributed by atoms with Crippen LogP contribution >= 0.6 is 0 Å². The first-order chi connectivity index (χ1) is 11.6. The van der Waals surface area contributed by atoms with Gasteiger partial charge in [0.25, 0.3) is 0 Å². The van der Waals surface area contributed by atoms with Crippen molar-refractivity contribution in [2.75, 3.05) is 12.4 Å². The summed E-state index contributed by atoms with van der Waals surface area (Å²) in [6.07, 6.45) is 0. The number of hydrogen-bond donors (Lipinski definition) is 1. The van der Waals surface area contributed by atoms with Gasteiger partial charge in [0, 0.05) is 11.6 Å². The van der Waals surface area contributed by atoms with Crippen molar-refractivity contribution in [1.29, 1.82) is 0 Å². The molecule has 0 bridgehead atoms. The highest BCUT2D eigenvalue weighted by atomic mass is 16.5. The van der Waals surface area contributed by atoms with E-state index in [1.54, 1.807) is 0 Å². The molecule has 4 rings (SSSR count). The zero-order valence-corrected chi connectivity index (χ0v) is 13.0. The summed E-state index contributed by atoms with van der Waals surface area (Å²) in [5.41, 5.74) is 1.31. The Bertz CT molecular complexity index is 861. The monoisotopic (exact) mass is 321 g/mol. The normalized spacial score (nSPS) is 26.6. The lowest BCUT2D eigenvalue weighted by atomic mass is 9.91. The van der Waals surface area contributed by atoms with Crippen molar-refractivity contribution < 1.29 is 19.1 Å². The molecule has 1 amide bonds. The van der Waals surface area contributed by atoms with Gasteiger partial charge in [0.05, 0.1) is 18.4 Å². The van der Waals surface area contributed by atoms with Crippen molar-refractivity contribution in [3.05, 3.63) is 65.7 Å². The summed E-state index contributed by atoms with van der Waals surface area (Å²) in [6, 6.07) is 16.7. The summed E-state index contributed by atoms with van der Waals surface area (Å²) in [7, 11) is 1.18. The molecule has 0 saturated heterocycles. The van der Waals surface area contributed by atoms with Gasteiger partial charge in [-0.3, -0.25) is 9.59 Å². The van der Waals surface area contributed by atoms with E-state index in [1.807, 2.05) is 54.6 Å². The van der Waals surface area contributed by atoms with E-state index < -0.39 is 23.1 Å². The van der Waals surface area contributed by atoms with Gasteiger partial charge in [-0.2, -0.15) is 0 Å². The maximum atomic E-state index is 12.8. The molecule has 0 radical (unpaired) electrons. The van der Waals surface area contributed by atoms with Gasteiger partial charge >= 0.3 is 5.97 Å². The number of ketones is 1. The summed E-state index contributed by atoms with van der Waals surface area (Å²) in [5.74, 6) is -2.90. The second-order valence-corrected chi connectivity index (χ2v) is 6.09. The number of benzene rings is 2. The number of carbonyl (C=O) groups is 3. The number of Topliss-reactive ketones (excluding diaryl/α,β-unsaturated/α-hetero) is 1. The van der Waals surface area contributed by atoms with Gasteiger partial charge in [-0.25, -0.2) is 4.79 Å². The SMILES string of the molecule is COC(=O)C(=O)[C@H]1[C@H](c2ccccc2)[C@]12C(=O)Nc1ccccc12. The van der Waals surface area contributed by atoms with Gasteiger partial charge < -0.3 is 10.1 Å². The number of ether oxygens (including phenoxy) is 1. The third-order valence-corrected chi connectivity index (χ3v) is 5.03. The third-order valence-electron chi connectivity index (χ3n) is 5.03. The summed E-state index contributed by atoms with van der Waals surface area (Å²) < 4.78 is 4.60. The van der Waals surface area contributed by atoms with Crippen molar-refractivity contribution in [2.24, 2.45) is 5.92 Å². The number of nitrogens with one attached hydrogen (secondary N) is 1. The molecule has 0 unspecified atom stereocenters. The van der Waals surface area contributed by atoms with E-state index in [9.17, 15) is 14.4 Å². The molecule has 120 valence electrons. The number of para-hydroxylation sites is 1. The van der Waals surface area contributed by atoms with Crippen LogP contribution in [0.15, 0.2) is 54.6 Å². The van der Waals surface area contributed by atoms with Crippen LogP contribution in [0.5, 0.6) is 0 Å². The summed E-state index contributed by atoms with van der Waals surface area (Å²) in [5, 5.41) is 2.85. The molecular formula is C19H15NO4. The highest BCUT2D eigenvalue weighted by molar-refractivity contribution is 6.38. The number of methoxy groups -OCH3 is 1. The van der Waals surface area contributed by atoms with E-state index in [4.69, 9.17) is 0 Å². The topological polar surface area (TPSA) is 72.5 Å². The number of anilines is 1. The van der Waals surface area contributed by atoms with Crippen LogP contribution in [0.4, 0.5) is 5.69 Å². The zero-order chi connectivity index (χ0) is 16.9. The second kappa shape index (κ2) is 5.03. The first kappa shape index (κ1) is 14.6. The van der Waals surface area contributed by atoms with E-state index in [2.05, 4.69) is 10.1 Å². The third kappa shape index (κ3) is 1.72.